The maximum absolute atomic E-state index is 13.4. The van der Waals surface area contributed by atoms with Crippen molar-refractivity contribution < 1.29 is 22.8 Å². The predicted molar refractivity (Wildman–Crippen MR) is 123 cm³/mol. The molecule has 1 aliphatic heterocycles. The molecule has 11 heteroatoms. The number of aromatic nitrogens is 1. The molecule has 3 aromatic rings. The van der Waals surface area contributed by atoms with Gasteiger partial charge in [0.15, 0.2) is 15.4 Å². The first kappa shape index (κ1) is 22.6. The number of carbonyl (C=O) groups excluding carboxylic acids is 3. The number of sulfone groups is 1. The molecule has 9 nitrogen and oxygen atoms in total. The molecule has 0 saturated carbocycles. The van der Waals surface area contributed by atoms with Gasteiger partial charge in [-0.1, -0.05) is 42.5 Å². The van der Waals surface area contributed by atoms with Crippen LogP contribution in [-0.2, 0) is 20.2 Å². The minimum absolute atomic E-state index is 0.0407. The van der Waals surface area contributed by atoms with Gasteiger partial charge in [0.2, 0.25) is 0 Å². The van der Waals surface area contributed by atoms with Crippen molar-refractivity contribution in [1.29, 1.82) is 0 Å². The molecular formula is C22H20N4O5S2. The lowest BCUT2D eigenvalue weighted by Crippen LogP contribution is -2.53. The Balaban J connectivity index is 1.77. The number of hydrogen-bond donors (Lipinski definition) is 3. The molecule has 1 atom stereocenters. The second kappa shape index (κ2) is 8.41. The van der Waals surface area contributed by atoms with Crippen LogP contribution in [0.4, 0.5) is 4.79 Å². The number of imide groups is 1. The number of aryl methyl sites for hydroxylation is 1. The van der Waals surface area contributed by atoms with E-state index in [1.807, 2.05) is 6.07 Å². The topological polar surface area (TPSA) is 134 Å². The van der Waals surface area contributed by atoms with Gasteiger partial charge in [0, 0.05) is 11.1 Å². The lowest BCUT2D eigenvalue weighted by molar-refractivity contribution is -0.124. The number of urea groups is 1. The Morgan fingerprint density at radius 3 is 2.42 bits per heavy atom. The summed E-state index contributed by atoms with van der Waals surface area (Å²) in [6.07, 6.45) is 1.03. The Kier molecular flexibility index (Phi) is 5.76. The zero-order valence-corrected chi connectivity index (χ0v) is 19.3. The quantitative estimate of drug-likeness (QED) is 0.458. The lowest BCUT2D eigenvalue weighted by atomic mass is 9.93. The van der Waals surface area contributed by atoms with Gasteiger partial charge in [-0.2, -0.15) is 0 Å². The van der Waals surface area contributed by atoms with E-state index in [9.17, 15) is 22.8 Å². The highest BCUT2D eigenvalue weighted by atomic mass is 32.2. The molecule has 2 heterocycles. The van der Waals surface area contributed by atoms with E-state index in [-0.39, 0.29) is 17.0 Å². The van der Waals surface area contributed by atoms with Gasteiger partial charge in [0.25, 0.3) is 11.8 Å². The predicted octanol–water partition coefficient (Wildman–Crippen LogP) is 1.99. The average Bonchev–Trinajstić information content (AvgIpc) is 3.34. The summed E-state index contributed by atoms with van der Waals surface area (Å²) < 4.78 is 25.0. The number of rotatable bonds is 6. The van der Waals surface area contributed by atoms with Crippen LogP contribution in [0.2, 0.25) is 0 Å². The molecule has 4 amide bonds. The molecule has 0 bridgehead atoms. The van der Waals surface area contributed by atoms with Crippen molar-refractivity contribution in [2.75, 3.05) is 12.8 Å². The van der Waals surface area contributed by atoms with Crippen LogP contribution in [-0.4, -0.2) is 44.0 Å². The third-order valence-corrected chi connectivity index (χ3v) is 7.24. The van der Waals surface area contributed by atoms with E-state index in [1.165, 1.54) is 17.4 Å². The van der Waals surface area contributed by atoms with Gasteiger partial charge in [-0.25, -0.2) is 18.2 Å². The van der Waals surface area contributed by atoms with Gasteiger partial charge in [-0.15, -0.1) is 11.3 Å². The molecule has 2 aromatic carbocycles. The molecule has 1 aliphatic rings. The lowest BCUT2D eigenvalue weighted by Gasteiger charge is -2.26. The molecule has 1 unspecified atom stereocenters. The molecule has 3 N–H and O–H groups in total. The fraction of sp³-hybridized carbons (Fsp3) is 0.182. The third kappa shape index (κ3) is 4.12. The highest BCUT2D eigenvalue weighted by molar-refractivity contribution is 7.90. The number of nitrogens with one attached hydrogen (secondary N) is 3. The van der Waals surface area contributed by atoms with Crippen molar-refractivity contribution in [3.8, 4) is 11.1 Å². The highest BCUT2D eigenvalue weighted by Gasteiger charge is 2.50. The molecule has 170 valence electrons. The smallest absolute Gasteiger partial charge is 0.322 e. The Hall–Kier alpha value is -3.57. The normalized spacial score (nSPS) is 18.0. The van der Waals surface area contributed by atoms with Crippen LogP contribution in [0, 0.1) is 6.92 Å². The minimum Gasteiger partial charge on any atom is -0.349 e. The Labute approximate surface area is 194 Å². The summed E-state index contributed by atoms with van der Waals surface area (Å²) in [7, 11) is -3.75. The molecule has 1 aromatic heterocycles. The zero-order chi connectivity index (χ0) is 23.8. The van der Waals surface area contributed by atoms with Crippen molar-refractivity contribution in [2.45, 2.75) is 17.4 Å². The van der Waals surface area contributed by atoms with Gasteiger partial charge >= 0.3 is 6.03 Å². The van der Waals surface area contributed by atoms with Crippen LogP contribution in [0.3, 0.4) is 0 Å². The molecule has 33 heavy (non-hydrogen) atoms. The van der Waals surface area contributed by atoms with Gasteiger partial charge in [0.1, 0.15) is 0 Å². The fourth-order valence-corrected chi connectivity index (χ4v) is 5.37. The van der Waals surface area contributed by atoms with Crippen molar-refractivity contribution in [1.82, 2.24) is 20.9 Å². The molecule has 1 fully saturated rings. The number of nitrogens with zero attached hydrogens (tertiary/aromatic N) is 1. The molecule has 0 aliphatic carbocycles. The van der Waals surface area contributed by atoms with E-state index in [4.69, 9.17) is 0 Å². The number of thiazole rings is 1. The van der Waals surface area contributed by atoms with Gasteiger partial charge < -0.3 is 10.6 Å². The fourth-order valence-electron chi connectivity index (χ4n) is 3.82. The summed E-state index contributed by atoms with van der Waals surface area (Å²) >= 11 is 1.29. The number of carbonyl (C=O) groups is 3. The van der Waals surface area contributed by atoms with Crippen molar-refractivity contribution in [2.24, 2.45) is 0 Å². The summed E-state index contributed by atoms with van der Waals surface area (Å²) in [5.74, 6) is -1.35. The molecule has 4 rings (SSSR count). The monoisotopic (exact) mass is 484 g/mol. The van der Waals surface area contributed by atoms with Crippen molar-refractivity contribution in [3.63, 3.8) is 0 Å². The summed E-state index contributed by atoms with van der Waals surface area (Å²) in [6.45, 7) is 1.43. The first-order valence-electron chi connectivity index (χ1n) is 9.84. The van der Waals surface area contributed by atoms with Crippen LogP contribution in [0.5, 0.6) is 0 Å². The van der Waals surface area contributed by atoms with Crippen LogP contribution >= 0.6 is 11.3 Å². The third-order valence-electron chi connectivity index (χ3n) is 5.34. The largest absolute Gasteiger partial charge is 0.349 e. The van der Waals surface area contributed by atoms with E-state index in [2.05, 4.69) is 20.9 Å². The van der Waals surface area contributed by atoms with Crippen molar-refractivity contribution >= 4 is 39.0 Å². The number of hydrogen-bond acceptors (Lipinski definition) is 7. The standard InChI is InChI=1S/C22H20N4O5S2/c1-13-18(24-12-32-13)22(20(28)25-21(29)26-22)11-23-19(27)17-15(14-7-4-3-5-8-14)9-6-10-16(17)33(2,30)31/h3-10,12H,11H2,1-2H3,(H,23,27)(H2,25,26,28,29). The van der Waals surface area contributed by atoms with Crippen LogP contribution in [0.15, 0.2) is 58.9 Å². The van der Waals surface area contributed by atoms with Crippen LogP contribution < -0.4 is 16.0 Å². The summed E-state index contributed by atoms with van der Waals surface area (Å²) in [4.78, 5) is 42.9. The Bertz CT molecular complexity index is 1370. The first-order valence-corrected chi connectivity index (χ1v) is 12.6. The second-order valence-electron chi connectivity index (χ2n) is 7.57. The molecular weight excluding hydrogens is 464 g/mol. The van der Waals surface area contributed by atoms with Crippen molar-refractivity contribution in [3.05, 3.63) is 70.2 Å². The van der Waals surface area contributed by atoms with E-state index < -0.39 is 33.2 Å². The second-order valence-corrected chi connectivity index (χ2v) is 10.6. The van der Waals surface area contributed by atoms with E-state index in [0.29, 0.717) is 21.7 Å². The van der Waals surface area contributed by atoms with Gasteiger partial charge in [-0.05, 0) is 24.1 Å². The van der Waals surface area contributed by atoms with E-state index in [1.54, 1.807) is 48.8 Å². The van der Waals surface area contributed by atoms with E-state index >= 15 is 0 Å². The zero-order valence-electron chi connectivity index (χ0n) is 17.7. The summed E-state index contributed by atoms with van der Waals surface area (Å²) in [5, 5.41) is 7.41. The van der Waals surface area contributed by atoms with Crippen LogP contribution in [0.1, 0.15) is 20.9 Å². The van der Waals surface area contributed by atoms with Gasteiger partial charge in [-0.3, -0.25) is 14.9 Å². The molecule has 0 radical (unpaired) electrons. The Morgan fingerprint density at radius 2 is 1.85 bits per heavy atom. The Morgan fingerprint density at radius 1 is 1.12 bits per heavy atom. The molecule has 0 spiro atoms. The summed E-state index contributed by atoms with van der Waals surface area (Å²) in [6, 6.07) is 12.8. The average molecular weight is 485 g/mol. The number of benzene rings is 2. The maximum atomic E-state index is 13.4. The van der Waals surface area contributed by atoms with E-state index in [0.717, 1.165) is 6.26 Å². The SMILES string of the molecule is Cc1scnc1C1(CNC(=O)c2c(-c3ccccc3)cccc2S(C)(=O)=O)NC(=O)NC1=O. The van der Waals surface area contributed by atoms with Gasteiger partial charge in [0.05, 0.1) is 28.2 Å². The molecule has 1 saturated heterocycles. The first-order chi connectivity index (χ1) is 15.6. The minimum atomic E-state index is -3.75. The number of amides is 4. The highest BCUT2D eigenvalue weighted by Crippen LogP contribution is 2.31. The van der Waals surface area contributed by atoms with Crippen LogP contribution in [0.25, 0.3) is 11.1 Å². The summed E-state index contributed by atoms with van der Waals surface area (Å²) in [5.41, 5.74) is 1.29. The maximum Gasteiger partial charge on any atom is 0.322 e.